The van der Waals surface area contributed by atoms with Gasteiger partial charge in [0.25, 0.3) is 0 Å². The van der Waals surface area contributed by atoms with Crippen LogP contribution < -0.4 is 0 Å². The van der Waals surface area contributed by atoms with E-state index in [0.717, 1.165) is 10.5 Å². The number of carbonyl (C=O) groups excluding carboxylic acids is 1. The van der Waals surface area contributed by atoms with E-state index in [1.807, 2.05) is 0 Å². The number of esters is 1. The molecule has 5 nitrogen and oxygen atoms in total. The smallest absolute Gasteiger partial charge is 0.407 e. The number of nitrogens with zero attached hydrogens (tertiary/aromatic N) is 1. The van der Waals surface area contributed by atoms with Gasteiger partial charge in [-0.15, -0.1) is 0 Å². The zero-order chi connectivity index (χ0) is 12.1. The van der Waals surface area contributed by atoms with Gasteiger partial charge in [-0.05, 0) is 17.7 Å². The molecule has 86 valence electrons. The summed E-state index contributed by atoms with van der Waals surface area (Å²) in [5.41, 5.74) is 1.16. The second-order valence-corrected chi connectivity index (χ2v) is 3.33. The number of amides is 1. The fourth-order valence-electron chi connectivity index (χ4n) is 1.26. The molecule has 0 aliphatic heterocycles. The number of hydrogen-bond donors (Lipinski definition) is 1. The van der Waals surface area contributed by atoms with Gasteiger partial charge in [0.2, 0.25) is 0 Å². The largest absolute Gasteiger partial charge is 0.465 e. The van der Waals surface area contributed by atoms with Crippen molar-refractivity contribution in [2.75, 3.05) is 14.2 Å². The lowest BCUT2D eigenvalue weighted by molar-refractivity contribution is 0.0600. The molecule has 1 aromatic carbocycles. The van der Waals surface area contributed by atoms with Crippen LogP contribution in [0.1, 0.15) is 15.9 Å². The summed E-state index contributed by atoms with van der Waals surface area (Å²) in [5.74, 6) is -0.431. The van der Waals surface area contributed by atoms with Crippen LogP contribution in [0.15, 0.2) is 24.3 Å². The van der Waals surface area contributed by atoms with Crippen LogP contribution in [0.25, 0.3) is 0 Å². The molecule has 0 spiro atoms. The minimum Gasteiger partial charge on any atom is -0.465 e. The van der Waals surface area contributed by atoms with Crippen LogP contribution in [0.4, 0.5) is 4.79 Å². The lowest BCUT2D eigenvalue weighted by Gasteiger charge is -2.13. The predicted octanol–water partition coefficient (Wildman–Crippen LogP) is 1.58. The average molecular weight is 223 g/mol. The van der Waals surface area contributed by atoms with Crippen LogP contribution in [-0.4, -0.2) is 36.2 Å². The predicted molar refractivity (Wildman–Crippen MR) is 57.3 cm³/mol. The molecule has 16 heavy (non-hydrogen) atoms. The Morgan fingerprint density at radius 1 is 1.44 bits per heavy atom. The number of hydrogen-bond acceptors (Lipinski definition) is 3. The third-order valence-corrected chi connectivity index (χ3v) is 2.09. The zero-order valence-corrected chi connectivity index (χ0v) is 9.14. The maximum atomic E-state index is 11.2. The fraction of sp³-hybridized carbons (Fsp3) is 0.273. The minimum atomic E-state index is -1.01. The van der Waals surface area contributed by atoms with Crippen molar-refractivity contribution in [3.63, 3.8) is 0 Å². The van der Waals surface area contributed by atoms with Crippen LogP contribution in [0, 0.1) is 0 Å². The molecule has 0 atom stereocenters. The van der Waals surface area contributed by atoms with Gasteiger partial charge in [-0.2, -0.15) is 0 Å². The Hall–Kier alpha value is -2.04. The van der Waals surface area contributed by atoms with E-state index in [1.165, 1.54) is 14.2 Å². The van der Waals surface area contributed by atoms with Crippen LogP contribution in [0.3, 0.4) is 0 Å². The van der Waals surface area contributed by atoms with Gasteiger partial charge in [0.05, 0.1) is 12.7 Å². The maximum Gasteiger partial charge on any atom is 0.407 e. The molecule has 0 radical (unpaired) electrons. The molecule has 0 saturated heterocycles. The Morgan fingerprint density at radius 3 is 2.69 bits per heavy atom. The molecule has 0 saturated carbocycles. The molecule has 0 unspecified atom stereocenters. The summed E-state index contributed by atoms with van der Waals surface area (Å²) >= 11 is 0. The van der Waals surface area contributed by atoms with E-state index in [0.29, 0.717) is 5.56 Å². The summed E-state index contributed by atoms with van der Waals surface area (Å²) in [7, 11) is 2.77. The van der Waals surface area contributed by atoms with Gasteiger partial charge in [-0.1, -0.05) is 12.1 Å². The SMILES string of the molecule is COC(=O)c1cccc(CN(C)C(=O)O)c1. The highest BCUT2D eigenvalue weighted by Crippen LogP contribution is 2.08. The van der Waals surface area contributed by atoms with E-state index in [9.17, 15) is 9.59 Å². The highest BCUT2D eigenvalue weighted by molar-refractivity contribution is 5.89. The molecule has 0 aliphatic carbocycles. The van der Waals surface area contributed by atoms with Crippen LogP contribution in [-0.2, 0) is 11.3 Å². The van der Waals surface area contributed by atoms with Gasteiger partial charge in [0, 0.05) is 13.6 Å². The van der Waals surface area contributed by atoms with Crippen molar-refractivity contribution < 1.29 is 19.4 Å². The minimum absolute atomic E-state index is 0.236. The Labute approximate surface area is 93.2 Å². The van der Waals surface area contributed by atoms with Crippen LogP contribution in [0.2, 0.25) is 0 Å². The number of ether oxygens (including phenoxy) is 1. The van der Waals surface area contributed by atoms with Gasteiger partial charge >= 0.3 is 12.1 Å². The first-order valence-corrected chi connectivity index (χ1v) is 4.66. The Kier molecular flexibility index (Phi) is 3.88. The highest BCUT2D eigenvalue weighted by Gasteiger charge is 2.09. The molecule has 0 heterocycles. The molecule has 0 aromatic heterocycles. The molecule has 1 N–H and O–H groups in total. The number of carbonyl (C=O) groups is 2. The van der Waals surface area contributed by atoms with E-state index < -0.39 is 12.1 Å². The molecule has 1 aromatic rings. The van der Waals surface area contributed by atoms with Crippen molar-refractivity contribution >= 4 is 12.1 Å². The topological polar surface area (TPSA) is 66.8 Å². The first-order valence-electron chi connectivity index (χ1n) is 4.66. The average Bonchev–Trinajstić information content (AvgIpc) is 2.28. The molecule has 0 aliphatic rings. The highest BCUT2D eigenvalue weighted by atomic mass is 16.5. The molecular formula is C11H13NO4. The first-order chi connectivity index (χ1) is 7.54. The van der Waals surface area contributed by atoms with Gasteiger partial charge in [0.1, 0.15) is 0 Å². The molecule has 0 fully saturated rings. The zero-order valence-electron chi connectivity index (χ0n) is 9.14. The standard InChI is InChI=1S/C11H13NO4/c1-12(11(14)15)7-8-4-3-5-9(6-8)10(13)16-2/h3-6H,7H2,1-2H3,(H,14,15). The second kappa shape index (κ2) is 5.16. The fourth-order valence-corrected chi connectivity index (χ4v) is 1.26. The summed E-state index contributed by atoms with van der Waals surface area (Å²) in [4.78, 5) is 23.0. The van der Waals surface area contributed by atoms with E-state index in [4.69, 9.17) is 5.11 Å². The summed E-state index contributed by atoms with van der Waals surface area (Å²) in [6, 6.07) is 6.69. The van der Waals surface area contributed by atoms with Gasteiger partial charge < -0.3 is 14.7 Å². The number of rotatable bonds is 3. The lowest BCUT2D eigenvalue weighted by Crippen LogP contribution is -2.24. The second-order valence-electron chi connectivity index (χ2n) is 3.33. The number of carboxylic acid groups (broad SMARTS) is 1. The van der Waals surface area contributed by atoms with Crippen LogP contribution in [0.5, 0.6) is 0 Å². The van der Waals surface area contributed by atoms with E-state index in [2.05, 4.69) is 4.74 Å². The molecule has 1 amide bonds. The number of benzene rings is 1. The lowest BCUT2D eigenvalue weighted by atomic mass is 10.1. The molecule has 5 heteroatoms. The Morgan fingerprint density at radius 2 is 2.12 bits per heavy atom. The van der Waals surface area contributed by atoms with E-state index in [-0.39, 0.29) is 6.54 Å². The van der Waals surface area contributed by atoms with Crippen molar-refractivity contribution in [2.45, 2.75) is 6.54 Å². The molecular weight excluding hydrogens is 210 g/mol. The monoisotopic (exact) mass is 223 g/mol. The summed E-state index contributed by atoms with van der Waals surface area (Å²) in [6.45, 7) is 0.236. The summed E-state index contributed by atoms with van der Waals surface area (Å²) in [5, 5.41) is 8.70. The summed E-state index contributed by atoms with van der Waals surface area (Å²) in [6.07, 6.45) is -1.01. The first kappa shape index (κ1) is 12.0. The van der Waals surface area contributed by atoms with Crippen molar-refractivity contribution in [3.05, 3.63) is 35.4 Å². The summed E-state index contributed by atoms with van der Waals surface area (Å²) < 4.78 is 4.57. The Balaban J connectivity index is 2.82. The molecule has 1 rings (SSSR count). The van der Waals surface area contributed by atoms with Gasteiger partial charge in [-0.25, -0.2) is 9.59 Å². The van der Waals surface area contributed by atoms with Gasteiger partial charge in [-0.3, -0.25) is 0 Å². The van der Waals surface area contributed by atoms with Gasteiger partial charge in [0.15, 0.2) is 0 Å². The van der Waals surface area contributed by atoms with E-state index >= 15 is 0 Å². The van der Waals surface area contributed by atoms with Crippen LogP contribution >= 0.6 is 0 Å². The number of methoxy groups -OCH3 is 1. The third-order valence-electron chi connectivity index (χ3n) is 2.09. The maximum absolute atomic E-state index is 11.2. The normalized spacial score (nSPS) is 9.62. The van der Waals surface area contributed by atoms with E-state index in [1.54, 1.807) is 24.3 Å². The quantitative estimate of drug-likeness (QED) is 0.790. The molecule has 0 bridgehead atoms. The van der Waals surface area contributed by atoms with Crippen molar-refractivity contribution in [2.24, 2.45) is 0 Å². The van der Waals surface area contributed by atoms with Crippen molar-refractivity contribution in [1.82, 2.24) is 4.90 Å². The van der Waals surface area contributed by atoms with Crippen molar-refractivity contribution in [1.29, 1.82) is 0 Å². The van der Waals surface area contributed by atoms with Crippen molar-refractivity contribution in [3.8, 4) is 0 Å². The Bertz CT molecular complexity index is 403. The third kappa shape index (κ3) is 2.98.